The molecule has 9 heteroatoms. The summed E-state index contributed by atoms with van der Waals surface area (Å²) in [5, 5.41) is 11.0. The molecule has 0 bridgehead atoms. The van der Waals surface area contributed by atoms with Crippen molar-refractivity contribution in [3.05, 3.63) is 96.6 Å². The highest BCUT2D eigenvalue weighted by Crippen LogP contribution is 2.47. The van der Waals surface area contributed by atoms with Crippen molar-refractivity contribution >= 4 is 34.1 Å². The van der Waals surface area contributed by atoms with Gasteiger partial charge >= 0.3 is 0 Å². The largest absolute Gasteiger partial charge is 0.457 e. The monoisotopic (exact) mass is 535 g/mol. The van der Waals surface area contributed by atoms with Gasteiger partial charge in [0, 0.05) is 41.3 Å². The van der Waals surface area contributed by atoms with Crippen molar-refractivity contribution < 1.29 is 18.7 Å². The Balaban J connectivity index is 1.13. The van der Waals surface area contributed by atoms with Crippen molar-refractivity contribution in [1.82, 2.24) is 14.8 Å². The Bertz CT molecular complexity index is 1720. The van der Waals surface area contributed by atoms with E-state index in [9.17, 15) is 14.0 Å². The summed E-state index contributed by atoms with van der Waals surface area (Å²) >= 11 is 0. The van der Waals surface area contributed by atoms with Gasteiger partial charge < -0.3 is 15.4 Å². The highest BCUT2D eigenvalue weighted by molar-refractivity contribution is 6.16. The Morgan fingerprint density at radius 1 is 0.900 bits per heavy atom. The summed E-state index contributed by atoms with van der Waals surface area (Å²) in [4.78, 5) is 30.3. The highest BCUT2D eigenvalue weighted by atomic mass is 19.1. The van der Waals surface area contributed by atoms with Gasteiger partial charge in [-0.05, 0) is 92.6 Å². The maximum Gasteiger partial charge on any atom is 0.240 e. The number of ether oxygens (including phenoxy) is 1. The van der Waals surface area contributed by atoms with E-state index in [4.69, 9.17) is 4.74 Å². The normalized spacial score (nSPS) is 13.6. The number of amides is 2. The molecule has 40 heavy (non-hydrogen) atoms. The topological polar surface area (TPSA) is 98.1 Å². The molecule has 0 spiro atoms. The van der Waals surface area contributed by atoms with Gasteiger partial charge in [-0.25, -0.2) is 4.39 Å². The molecule has 0 atom stereocenters. The third-order valence-electron chi connectivity index (χ3n) is 7.17. The number of pyridine rings is 1. The molecule has 3 aromatic carbocycles. The van der Waals surface area contributed by atoms with Crippen LogP contribution in [0.2, 0.25) is 0 Å². The minimum Gasteiger partial charge on any atom is -0.457 e. The van der Waals surface area contributed by atoms with Crippen LogP contribution in [0.1, 0.15) is 18.5 Å². The van der Waals surface area contributed by atoms with Crippen LogP contribution in [0, 0.1) is 18.2 Å². The molecule has 8 nitrogen and oxygen atoms in total. The number of nitrogens with zero attached hydrogens (tertiary/aromatic N) is 3. The standard InChI is InChI=1S/C31H26FN5O3/c1-19-17-26(36-37(19)2)20-3-12-25-27(18-20)33-16-13-28(25)40-24-10-8-23(9-11-24)35-30(39)31(14-15-31)29(38)34-22-6-4-21(32)5-7-22/h3-13,16-18H,14-15H2,1-2H3,(H,34,38)(H,35,39). The van der Waals surface area contributed by atoms with E-state index in [0.29, 0.717) is 35.7 Å². The van der Waals surface area contributed by atoms with Crippen LogP contribution in [0.15, 0.2) is 85.1 Å². The first kappa shape index (κ1) is 25.2. The minimum atomic E-state index is -1.13. The number of rotatable bonds is 7. The van der Waals surface area contributed by atoms with Gasteiger partial charge in [0.05, 0.1) is 11.2 Å². The molecule has 2 heterocycles. The first-order chi connectivity index (χ1) is 19.3. The van der Waals surface area contributed by atoms with Crippen molar-refractivity contribution in [2.75, 3.05) is 10.6 Å². The third-order valence-corrected chi connectivity index (χ3v) is 7.17. The van der Waals surface area contributed by atoms with E-state index in [2.05, 4.69) is 20.7 Å². The smallest absolute Gasteiger partial charge is 0.240 e. The third kappa shape index (κ3) is 4.89. The molecule has 1 saturated carbocycles. The summed E-state index contributed by atoms with van der Waals surface area (Å²) in [6, 6.07) is 22.2. The van der Waals surface area contributed by atoms with Crippen LogP contribution in [0.4, 0.5) is 15.8 Å². The average Bonchev–Trinajstić information content (AvgIpc) is 3.71. The van der Waals surface area contributed by atoms with E-state index in [1.807, 2.05) is 42.9 Å². The van der Waals surface area contributed by atoms with Gasteiger partial charge in [0.25, 0.3) is 0 Å². The van der Waals surface area contributed by atoms with Gasteiger partial charge in [0.1, 0.15) is 22.7 Å². The number of aromatic nitrogens is 3. The molecular weight excluding hydrogens is 509 g/mol. The Morgan fingerprint density at radius 2 is 1.55 bits per heavy atom. The quantitative estimate of drug-likeness (QED) is 0.241. The van der Waals surface area contributed by atoms with Crippen molar-refractivity contribution in [1.29, 1.82) is 0 Å². The zero-order valence-electron chi connectivity index (χ0n) is 21.9. The fourth-order valence-electron chi connectivity index (χ4n) is 4.52. The Labute approximate surface area is 229 Å². The molecule has 5 aromatic rings. The second kappa shape index (κ2) is 9.92. The van der Waals surface area contributed by atoms with Crippen LogP contribution in [0.3, 0.4) is 0 Å². The summed E-state index contributed by atoms with van der Waals surface area (Å²) in [5.41, 5.74) is 3.57. The van der Waals surface area contributed by atoms with E-state index < -0.39 is 17.1 Å². The van der Waals surface area contributed by atoms with E-state index in [-0.39, 0.29) is 5.91 Å². The van der Waals surface area contributed by atoms with Gasteiger partial charge in [-0.15, -0.1) is 0 Å². The van der Waals surface area contributed by atoms with Crippen LogP contribution in [-0.4, -0.2) is 26.6 Å². The van der Waals surface area contributed by atoms with Gasteiger partial charge in [0.15, 0.2) is 0 Å². The molecule has 200 valence electrons. The molecule has 0 unspecified atom stereocenters. The zero-order valence-corrected chi connectivity index (χ0v) is 21.9. The number of anilines is 2. The first-order valence-electron chi connectivity index (χ1n) is 12.9. The first-order valence-corrected chi connectivity index (χ1v) is 12.9. The molecule has 2 amide bonds. The highest BCUT2D eigenvalue weighted by Gasteiger charge is 2.56. The number of nitrogens with one attached hydrogen (secondary N) is 2. The number of hydrogen-bond acceptors (Lipinski definition) is 5. The lowest BCUT2D eigenvalue weighted by molar-refractivity contribution is -0.131. The molecule has 1 aliphatic rings. The summed E-state index contributed by atoms with van der Waals surface area (Å²) in [5.74, 6) is 0.0681. The maximum atomic E-state index is 13.2. The Kier molecular flexibility index (Phi) is 6.26. The van der Waals surface area contributed by atoms with Crippen molar-refractivity contribution in [3.63, 3.8) is 0 Å². The average molecular weight is 536 g/mol. The molecule has 1 aliphatic carbocycles. The molecule has 2 aromatic heterocycles. The van der Waals surface area contributed by atoms with E-state index in [1.165, 1.54) is 24.3 Å². The summed E-state index contributed by atoms with van der Waals surface area (Å²) < 4.78 is 21.1. The van der Waals surface area contributed by atoms with Gasteiger partial charge in [-0.1, -0.05) is 6.07 Å². The SMILES string of the molecule is Cc1cc(-c2ccc3c(Oc4ccc(NC(=O)C5(C(=O)Nc6ccc(F)cc6)CC5)cc4)ccnc3c2)nn1C. The number of fused-ring (bicyclic) bond motifs is 1. The van der Waals surface area contributed by atoms with Gasteiger partial charge in [-0.3, -0.25) is 19.3 Å². The maximum absolute atomic E-state index is 13.2. The van der Waals surface area contributed by atoms with Crippen LogP contribution < -0.4 is 15.4 Å². The number of benzene rings is 3. The number of aryl methyl sites for hydroxylation is 2. The Hall–Kier alpha value is -5.05. The Morgan fingerprint density at radius 3 is 2.15 bits per heavy atom. The van der Waals surface area contributed by atoms with Crippen molar-refractivity contribution in [3.8, 4) is 22.8 Å². The van der Waals surface area contributed by atoms with E-state index >= 15 is 0 Å². The number of hydrogen-bond donors (Lipinski definition) is 2. The van der Waals surface area contributed by atoms with Crippen molar-refractivity contribution in [2.45, 2.75) is 19.8 Å². The van der Waals surface area contributed by atoms with Gasteiger partial charge in [0.2, 0.25) is 11.8 Å². The molecular formula is C31H26FN5O3. The second-order valence-electron chi connectivity index (χ2n) is 9.96. The predicted molar refractivity (Wildman–Crippen MR) is 151 cm³/mol. The van der Waals surface area contributed by atoms with Gasteiger partial charge in [-0.2, -0.15) is 5.10 Å². The molecule has 0 aliphatic heterocycles. The lowest BCUT2D eigenvalue weighted by atomic mass is 10.0. The fraction of sp³-hybridized carbons (Fsp3) is 0.161. The molecule has 1 fully saturated rings. The number of carbonyl (C=O) groups excluding carboxylic acids is 2. The second-order valence-corrected chi connectivity index (χ2v) is 9.96. The number of halogens is 1. The van der Waals surface area contributed by atoms with E-state index in [1.54, 1.807) is 36.5 Å². The molecule has 0 saturated heterocycles. The summed E-state index contributed by atoms with van der Waals surface area (Å²) in [6.45, 7) is 2.01. The van der Waals surface area contributed by atoms with Crippen molar-refractivity contribution in [2.24, 2.45) is 12.5 Å². The van der Waals surface area contributed by atoms with E-state index in [0.717, 1.165) is 27.9 Å². The van der Waals surface area contributed by atoms with Crippen LogP contribution in [0.5, 0.6) is 11.5 Å². The van der Waals surface area contributed by atoms with Crippen LogP contribution >= 0.6 is 0 Å². The van der Waals surface area contributed by atoms with Crippen LogP contribution in [0.25, 0.3) is 22.2 Å². The number of carbonyl (C=O) groups is 2. The molecule has 6 rings (SSSR count). The minimum absolute atomic E-state index is 0.375. The molecule has 0 radical (unpaired) electrons. The fourth-order valence-corrected chi connectivity index (χ4v) is 4.52. The zero-order chi connectivity index (χ0) is 27.9. The summed E-state index contributed by atoms with van der Waals surface area (Å²) in [7, 11) is 1.91. The lowest BCUT2D eigenvalue weighted by Gasteiger charge is -2.16. The summed E-state index contributed by atoms with van der Waals surface area (Å²) in [6.07, 6.45) is 2.60. The predicted octanol–water partition coefficient (Wildman–Crippen LogP) is 6.23. The van der Waals surface area contributed by atoms with Crippen LogP contribution in [-0.2, 0) is 16.6 Å². The lowest BCUT2D eigenvalue weighted by Crippen LogP contribution is -2.35. The molecule has 2 N–H and O–H groups in total.